The standard InChI is InChI=1S/C23H25N3O3/c1-14-10-15(2)22(16(3)11-14)26-23(27)17-8-9-24-21(12-17)25-19-7-6-18(28-4)13-20(19)29-5/h6-13H,1-5H3,(H,24,25)(H,26,27). The number of hydrogen-bond acceptors (Lipinski definition) is 5. The number of nitrogens with one attached hydrogen (secondary N) is 2. The number of anilines is 3. The number of methoxy groups -OCH3 is 2. The van der Waals surface area contributed by atoms with Gasteiger partial charge in [0.2, 0.25) is 0 Å². The van der Waals surface area contributed by atoms with Crippen LogP contribution in [-0.4, -0.2) is 25.1 Å². The number of aromatic nitrogens is 1. The second-order valence-corrected chi connectivity index (χ2v) is 6.85. The van der Waals surface area contributed by atoms with Crippen molar-refractivity contribution >= 4 is 23.1 Å². The number of nitrogens with zero attached hydrogens (tertiary/aromatic N) is 1. The zero-order valence-electron chi connectivity index (χ0n) is 17.3. The van der Waals surface area contributed by atoms with Gasteiger partial charge in [0, 0.05) is 23.5 Å². The third-order valence-corrected chi connectivity index (χ3v) is 4.61. The van der Waals surface area contributed by atoms with Crippen LogP contribution in [-0.2, 0) is 0 Å². The summed E-state index contributed by atoms with van der Waals surface area (Å²) >= 11 is 0. The highest BCUT2D eigenvalue weighted by Gasteiger charge is 2.12. The van der Waals surface area contributed by atoms with E-state index in [0.29, 0.717) is 22.9 Å². The van der Waals surface area contributed by atoms with Crippen molar-refractivity contribution < 1.29 is 14.3 Å². The Hall–Kier alpha value is -3.54. The van der Waals surface area contributed by atoms with Gasteiger partial charge in [0.15, 0.2) is 0 Å². The first-order valence-corrected chi connectivity index (χ1v) is 9.25. The van der Waals surface area contributed by atoms with E-state index in [2.05, 4.69) is 27.8 Å². The molecule has 0 fully saturated rings. The van der Waals surface area contributed by atoms with E-state index in [0.717, 1.165) is 22.5 Å². The zero-order valence-corrected chi connectivity index (χ0v) is 17.3. The van der Waals surface area contributed by atoms with Gasteiger partial charge in [-0.3, -0.25) is 4.79 Å². The van der Waals surface area contributed by atoms with Crippen LogP contribution in [0.3, 0.4) is 0 Å². The van der Waals surface area contributed by atoms with Gasteiger partial charge in [-0.25, -0.2) is 4.98 Å². The molecule has 1 heterocycles. The Morgan fingerprint density at radius 1 is 0.931 bits per heavy atom. The fourth-order valence-electron chi connectivity index (χ4n) is 3.24. The van der Waals surface area contributed by atoms with Gasteiger partial charge in [-0.15, -0.1) is 0 Å². The van der Waals surface area contributed by atoms with Crippen molar-refractivity contribution in [3.8, 4) is 11.5 Å². The number of carbonyl (C=O) groups is 1. The quantitative estimate of drug-likeness (QED) is 0.617. The molecule has 3 aromatic rings. The second kappa shape index (κ2) is 8.65. The summed E-state index contributed by atoms with van der Waals surface area (Å²) in [6.07, 6.45) is 1.60. The van der Waals surface area contributed by atoms with Gasteiger partial charge in [0.1, 0.15) is 17.3 Å². The lowest BCUT2D eigenvalue weighted by atomic mass is 10.0. The van der Waals surface area contributed by atoms with Crippen molar-refractivity contribution in [3.63, 3.8) is 0 Å². The molecule has 0 spiro atoms. The van der Waals surface area contributed by atoms with Crippen LogP contribution in [0.2, 0.25) is 0 Å². The summed E-state index contributed by atoms with van der Waals surface area (Å²) in [5.74, 6) is 1.66. The molecule has 0 unspecified atom stereocenters. The summed E-state index contributed by atoms with van der Waals surface area (Å²) in [5, 5.41) is 6.21. The van der Waals surface area contributed by atoms with E-state index in [1.807, 2.05) is 32.9 Å². The molecule has 0 aliphatic carbocycles. The van der Waals surface area contributed by atoms with Crippen molar-refractivity contribution in [3.05, 3.63) is 70.9 Å². The van der Waals surface area contributed by atoms with E-state index in [1.54, 1.807) is 38.6 Å². The largest absolute Gasteiger partial charge is 0.497 e. The average molecular weight is 391 g/mol. The maximum Gasteiger partial charge on any atom is 0.255 e. The number of aryl methyl sites for hydroxylation is 3. The van der Waals surface area contributed by atoms with Crippen LogP contribution in [0.25, 0.3) is 0 Å². The van der Waals surface area contributed by atoms with E-state index >= 15 is 0 Å². The van der Waals surface area contributed by atoms with Crippen LogP contribution in [0.15, 0.2) is 48.7 Å². The average Bonchev–Trinajstić information content (AvgIpc) is 2.71. The Kier molecular flexibility index (Phi) is 6.02. The molecular formula is C23H25N3O3. The van der Waals surface area contributed by atoms with Gasteiger partial charge in [0.05, 0.1) is 19.9 Å². The predicted molar refractivity (Wildman–Crippen MR) is 116 cm³/mol. The fourth-order valence-corrected chi connectivity index (χ4v) is 3.24. The Labute approximate surface area is 170 Å². The zero-order chi connectivity index (χ0) is 21.0. The highest BCUT2D eigenvalue weighted by molar-refractivity contribution is 6.05. The maximum atomic E-state index is 12.8. The Bertz CT molecular complexity index is 1020. The summed E-state index contributed by atoms with van der Waals surface area (Å²) in [6.45, 7) is 6.02. The smallest absolute Gasteiger partial charge is 0.255 e. The molecule has 1 amide bonds. The summed E-state index contributed by atoms with van der Waals surface area (Å²) in [6, 6.07) is 12.9. The van der Waals surface area contributed by atoms with Crippen molar-refractivity contribution in [1.29, 1.82) is 0 Å². The minimum atomic E-state index is -0.188. The molecule has 0 bridgehead atoms. The second-order valence-electron chi connectivity index (χ2n) is 6.85. The molecule has 150 valence electrons. The predicted octanol–water partition coefficient (Wildman–Crippen LogP) is 5.02. The number of carbonyl (C=O) groups excluding carboxylic acids is 1. The first-order chi connectivity index (χ1) is 13.9. The molecule has 0 aliphatic rings. The number of hydrogen-bond donors (Lipinski definition) is 2. The highest BCUT2D eigenvalue weighted by Crippen LogP contribution is 2.31. The number of rotatable bonds is 6. The number of pyridine rings is 1. The topological polar surface area (TPSA) is 72.5 Å². The molecular weight excluding hydrogens is 366 g/mol. The van der Waals surface area contributed by atoms with Gasteiger partial charge < -0.3 is 20.1 Å². The Balaban J connectivity index is 1.82. The summed E-state index contributed by atoms with van der Waals surface area (Å²) in [5.41, 5.74) is 5.31. The van der Waals surface area contributed by atoms with E-state index in [4.69, 9.17) is 9.47 Å². The molecule has 2 aromatic carbocycles. The van der Waals surface area contributed by atoms with Crippen LogP contribution in [0.4, 0.5) is 17.2 Å². The molecule has 0 saturated heterocycles. The van der Waals surface area contributed by atoms with Crippen LogP contribution in [0.1, 0.15) is 27.0 Å². The maximum absolute atomic E-state index is 12.8. The van der Waals surface area contributed by atoms with Gasteiger partial charge in [-0.1, -0.05) is 17.7 Å². The normalized spacial score (nSPS) is 10.4. The van der Waals surface area contributed by atoms with Gasteiger partial charge in [-0.2, -0.15) is 0 Å². The molecule has 0 radical (unpaired) electrons. The molecule has 2 N–H and O–H groups in total. The summed E-state index contributed by atoms with van der Waals surface area (Å²) in [7, 11) is 3.19. The van der Waals surface area contributed by atoms with Crippen LogP contribution < -0.4 is 20.1 Å². The van der Waals surface area contributed by atoms with E-state index in [1.165, 1.54) is 5.56 Å². The summed E-state index contributed by atoms with van der Waals surface area (Å²) in [4.78, 5) is 17.1. The monoisotopic (exact) mass is 391 g/mol. The van der Waals surface area contributed by atoms with Crippen LogP contribution >= 0.6 is 0 Å². The summed E-state index contributed by atoms with van der Waals surface area (Å²) < 4.78 is 10.6. The molecule has 1 aromatic heterocycles. The van der Waals surface area contributed by atoms with Crippen molar-refractivity contribution in [1.82, 2.24) is 4.98 Å². The first-order valence-electron chi connectivity index (χ1n) is 9.25. The molecule has 0 aliphatic heterocycles. The number of benzene rings is 2. The van der Waals surface area contributed by atoms with Gasteiger partial charge >= 0.3 is 0 Å². The lowest BCUT2D eigenvalue weighted by Crippen LogP contribution is -2.14. The lowest BCUT2D eigenvalue weighted by Gasteiger charge is -2.14. The highest BCUT2D eigenvalue weighted by atomic mass is 16.5. The fraction of sp³-hybridized carbons (Fsp3) is 0.217. The molecule has 6 heteroatoms. The van der Waals surface area contributed by atoms with Gasteiger partial charge in [0.25, 0.3) is 5.91 Å². The van der Waals surface area contributed by atoms with Crippen molar-refractivity contribution in [2.75, 3.05) is 24.9 Å². The number of amides is 1. The molecule has 3 rings (SSSR count). The Morgan fingerprint density at radius 3 is 2.31 bits per heavy atom. The van der Waals surface area contributed by atoms with Gasteiger partial charge in [-0.05, 0) is 56.2 Å². The minimum Gasteiger partial charge on any atom is -0.497 e. The number of ether oxygens (including phenoxy) is 2. The first kappa shape index (κ1) is 20.2. The van der Waals surface area contributed by atoms with Crippen LogP contribution in [0, 0.1) is 20.8 Å². The lowest BCUT2D eigenvalue weighted by molar-refractivity contribution is 0.102. The SMILES string of the molecule is COc1ccc(Nc2cc(C(=O)Nc3c(C)cc(C)cc3C)ccn2)c(OC)c1. The Morgan fingerprint density at radius 2 is 1.66 bits per heavy atom. The molecule has 29 heavy (non-hydrogen) atoms. The minimum absolute atomic E-state index is 0.188. The van der Waals surface area contributed by atoms with Crippen molar-refractivity contribution in [2.45, 2.75) is 20.8 Å². The third kappa shape index (κ3) is 4.66. The van der Waals surface area contributed by atoms with Crippen molar-refractivity contribution in [2.24, 2.45) is 0 Å². The molecule has 6 nitrogen and oxygen atoms in total. The van der Waals surface area contributed by atoms with E-state index in [9.17, 15) is 4.79 Å². The third-order valence-electron chi connectivity index (χ3n) is 4.61. The van der Waals surface area contributed by atoms with Crippen LogP contribution in [0.5, 0.6) is 11.5 Å². The van der Waals surface area contributed by atoms with E-state index < -0.39 is 0 Å². The molecule has 0 atom stereocenters. The van der Waals surface area contributed by atoms with E-state index in [-0.39, 0.29) is 5.91 Å². The molecule has 0 saturated carbocycles.